The van der Waals surface area contributed by atoms with E-state index in [1.54, 1.807) is 25.3 Å². The number of thioether (sulfide) groups is 1. The van der Waals surface area contributed by atoms with Crippen LogP contribution in [0.25, 0.3) is 10.9 Å². The van der Waals surface area contributed by atoms with Gasteiger partial charge in [-0.1, -0.05) is 41.6 Å². The molecule has 0 saturated heterocycles. The lowest BCUT2D eigenvalue weighted by Crippen LogP contribution is -2.15. The molecule has 0 saturated carbocycles. The Labute approximate surface area is 173 Å². The molecule has 146 valence electrons. The zero-order chi connectivity index (χ0) is 20.1. The van der Waals surface area contributed by atoms with Crippen LogP contribution in [0.5, 0.6) is 5.75 Å². The lowest BCUT2D eigenvalue weighted by atomic mass is 10.2. The molecule has 6 nitrogen and oxygen atoms in total. The van der Waals surface area contributed by atoms with Crippen molar-refractivity contribution in [3.63, 3.8) is 0 Å². The lowest BCUT2D eigenvalue weighted by Gasteiger charge is -2.12. The summed E-state index contributed by atoms with van der Waals surface area (Å²) in [6, 6.07) is 13.0. The first-order valence-electron chi connectivity index (χ1n) is 8.63. The van der Waals surface area contributed by atoms with Crippen molar-refractivity contribution in [1.29, 1.82) is 0 Å². The van der Waals surface area contributed by atoms with Gasteiger partial charge in [0.1, 0.15) is 16.6 Å². The fourth-order valence-electron chi connectivity index (χ4n) is 2.63. The monoisotopic (exact) mass is 416 g/mol. The van der Waals surface area contributed by atoms with E-state index >= 15 is 0 Å². The lowest BCUT2D eigenvalue weighted by molar-refractivity contribution is -0.113. The number of aromatic nitrogens is 2. The van der Waals surface area contributed by atoms with Gasteiger partial charge in [0.05, 0.1) is 29.9 Å². The number of nitrogens with one attached hydrogen (secondary N) is 1. The maximum Gasteiger partial charge on any atom is 0.234 e. The van der Waals surface area contributed by atoms with Crippen molar-refractivity contribution in [1.82, 2.24) is 14.9 Å². The number of rotatable bonds is 7. The number of carbonyl (C=O) groups excluding carboxylic acids is 1. The number of anilines is 1. The first-order chi connectivity index (χ1) is 13.5. The van der Waals surface area contributed by atoms with Crippen molar-refractivity contribution in [2.75, 3.05) is 32.3 Å². The molecule has 0 fully saturated rings. The molecule has 3 aromatic rings. The third-order valence-corrected chi connectivity index (χ3v) is 5.13. The minimum atomic E-state index is -0.136. The normalized spacial score (nSPS) is 11.0. The van der Waals surface area contributed by atoms with E-state index in [0.717, 1.165) is 21.8 Å². The largest absolute Gasteiger partial charge is 0.495 e. The average Bonchev–Trinajstić information content (AvgIpc) is 2.65. The number of fused-ring (bicyclic) bond motifs is 1. The number of para-hydroxylation sites is 1. The molecule has 0 aliphatic carbocycles. The Morgan fingerprint density at radius 1 is 1.21 bits per heavy atom. The van der Waals surface area contributed by atoms with E-state index in [-0.39, 0.29) is 11.7 Å². The van der Waals surface area contributed by atoms with Gasteiger partial charge in [-0.05, 0) is 38.4 Å². The maximum absolute atomic E-state index is 12.4. The molecule has 0 aliphatic rings. The molecule has 1 heterocycles. The first kappa shape index (κ1) is 20.4. The summed E-state index contributed by atoms with van der Waals surface area (Å²) in [5.74, 6) is 1.39. The van der Waals surface area contributed by atoms with Gasteiger partial charge in [0.25, 0.3) is 0 Å². The van der Waals surface area contributed by atoms with Gasteiger partial charge in [0.15, 0.2) is 0 Å². The van der Waals surface area contributed by atoms with Gasteiger partial charge in [-0.15, -0.1) is 0 Å². The Morgan fingerprint density at radius 3 is 2.71 bits per heavy atom. The highest BCUT2D eigenvalue weighted by Crippen LogP contribution is 2.28. The van der Waals surface area contributed by atoms with Gasteiger partial charge >= 0.3 is 0 Å². The molecular weight excluding hydrogens is 396 g/mol. The molecule has 0 spiro atoms. The molecule has 28 heavy (non-hydrogen) atoms. The Kier molecular flexibility index (Phi) is 6.72. The van der Waals surface area contributed by atoms with Crippen molar-refractivity contribution >= 4 is 45.9 Å². The summed E-state index contributed by atoms with van der Waals surface area (Å²) in [4.78, 5) is 23.7. The quantitative estimate of drug-likeness (QED) is 0.462. The van der Waals surface area contributed by atoms with Crippen LogP contribution in [-0.4, -0.2) is 47.7 Å². The number of carbonyl (C=O) groups is 1. The minimum Gasteiger partial charge on any atom is -0.495 e. The topological polar surface area (TPSA) is 67.3 Å². The molecule has 1 amide bonds. The summed E-state index contributed by atoms with van der Waals surface area (Å²) >= 11 is 7.50. The van der Waals surface area contributed by atoms with Crippen LogP contribution in [0, 0.1) is 0 Å². The summed E-state index contributed by atoms with van der Waals surface area (Å²) in [6.45, 7) is 0.634. The van der Waals surface area contributed by atoms with Crippen LogP contribution >= 0.6 is 23.4 Å². The van der Waals surface area contributed by atoms with Crippen molar-refractivity contribution in [2.45, 2.75) is 11.6 Å². The Hall–Kier alpha value is -2.35. The number of halogens is 1. The number of hydrogen-bond acceptors (Lipinski definition) is 6. The molecule has 8 heteroatoms. The number of methoxy groups -OCH3 is 1. The zero-order valence-electron chi connectivity index (χ0n) is 15.9. The van der Waals surface area contributed by atoms with E-state index in [9.17, 15) is 4.79 Å². The summed E-state index contributed by atoms with van der Waals surface area (Å²) in [6.07, 6.45) is 0. The molecule has 0 atom stereocenters. The van der Waals surface area contributed by atoms with E-state index in [4.69, 9.17) is 16.3 Å². The second kappa shape index (κ2) is 9.23. The third-order valence-electron chi connectivity index (χ3n) is 3.85. The molecule has 1 aromatic heterocycles. The predicted molar refractivity (Wildman–Crippen MR) is 114 cm³/mol. The van der Waals surface area contributed by atoms with Gasteiger partial charge in [-0.2, -0.15) is 0 Å². The first-order valence-corrected chi connectivity index (χ1v) is 9.99. The van der Waals surface area contributed by atoms with Gasteiger partial charge < -0.3 is 15.0 Å². The highest BCUT2D eigenvalue weighted by molar-refractivity contribution is 8.00. The van der Waals surface area contributed by atoms with E-state index in [1.165, 1.54) is 11.8 Å². The number of benzene rings is 2. The second-order valence-corrected chi connectivity index (χ2v) is 7.76. The second-order valence-electron chi connectivity index (χ2n) is 6.39. The SMILES string of the molecule is COc1ccc(NC(=O)CSc2nc(CN(C)C)nc3ccccc23)cc1Cl. The summed E-state index contributed by atoms with van der Waals surface area (Å²) < 4.78 is 5.12. The van der Waals surface area contributed by atoms with Crippen molar-refractivity contribution in [2.24, 2.45) is 0 Å². The van der Waals surface area contributed by atoms with E-state index in [1.807, 2.05) is 43.3 Å². The molecule has 0 radical (unpaired) electrons. The highest BCUT2D eigenvalue weighted by Gasteiger charge is 2.12. The van der Waals surface area contributed by atoms with E-state index < -0.39 is 0 Å². The van der Waals surface area contributed by atoms with Gasteiger partial charge in [-0.25, -0.2) is 9.97 Å². The number of hydrogen-bond donors (Lipinski definition) is 1. The molecule has 3 rings (SSSR count). The number of amides is 1. The van der Waals surface area contributed by atoms with Crippen LogP contribution in [0.4, 0.5) is 5.69 Å². The van der Waals surface area contributed by atoms with Gasteiger partial charge in [-0.3, -0.25) is 4.79 Å². The fraction of sp³-hybridized carbons (Fsp3) is 0.250. The number of ether oxygens (including phenoxy) is 1. The molecule has 1 N–H and O–H groups in total. The smallest absolute Gasteiger partial charge is 0.234 e. The van der Waals surface area contributed by atoms with Crippen molar-refractivity contribution in [3.05, 3.63) is 53.3 Å². The molecular formula is C20H21ClN4O2S. The average molecular weight is 417 g/mol. The Balaban J connectivity index is 1.73. The Morgan fingerprint density at radius 2 is 2.00 bits per heavy atom. The van der Waals surface area contributed by atoms with E-state index in [0.29, 0.717) is 23.0 Å². The van der Waals surface area contributed by atoms with Crippen LogP contribution in [0.2, 0.25) is 5.02 Å². The standard InChI is InChI=1S/C20H21ClN4O2S/c1-25(2)11-18-23-16-7-5-4-6-14(16)20(24-18)28-12-19(26)22-13-8-9-17(27-3)15(21)10-13/h4-10H,11-12H2,1-3H3,(H,22,26). The van der Waals surface area contributed by atoms with Gasteiger partial charge in [0.2, 0.25) is 5.91 Å². The number of nitrogens with zero attached hydrogens (tertiary/aromatic N) is 3. The fourth-order valence-corrected chi connectivity index (χ4v) is 3.73. The predicted octanol–water partition coefficient (Wildman–Crippen LogP) is 4.08. The van der Waals surface area contributed by atoms with Crippen LogP contribution in [-0.2, 0) is 11.3 Å². The van der Waals surface area contributed by atoms with E-state index in [2.05, 4.69) is 15.3 Å². The van der Waals surface area contributed by atoms with Crippen LogP contribution in [0.3, 0.4) is 0 Å². The molecule has 0 bridgehead atoms. The third kappa shape index (κ3) is 5.13. The van der Waals surface area contributed by atoms with Crippen LogP contribution in [0.1, 0.15) is 5.82 Å². The zero-order valence-corrected chi connectivity index (χ0v) is 17.5. The summed E-state index contributed by atoms with van der Waals surface area (Å²) in [5.41, 5.74) is 1.50. The van der Waals surface area contributed by atoms with Gasteiger partial charge in [0, 0.05) is 11.1 Å². The minimum absolute atomic E-state index is 0.136. The van der Waals surface area contributed by atoms with Crippen molar-refractivity contribution in [3.8, 4) is 5.75 Å². The molecule has 2 aromatic carbocycles. The van der Waals surface area contributed by atoms with Crippen LogP contribution in [0.15, 0.2) is 47.5 Å². The maximum atomic E-state index is 12.4. The Bertz CT molecular complexity index is 997. The summed E-state index contributed by atoms with van der Waals surface area (Å²) in [5, 5.41) is 5.03. The molecule has 0 unspecified atom stereocenters. The summed E-state index contributed by atoms with van der Waals surface area (Å²) in [7, 11) is 5.49. The van der Waals surface area contributed by atoms with Crippen LogP contribution < -0.4 is 10.1 Å². The van der Waals surface area contributed by atoms with Crippen molar-refractivity contribution < 1.29 is 9.53 Å². The molecule has 0 aliphatic heterocycles. The highest BCUT2D eigenvalue weighted by atomic mass is 35.5.